The molecule has 2 aromatic heterocycles. The van der Waals surface area contributed by atoms with Crippen LogP contribution >= 0.6 is 11.6 Å². The topological polar surface area (TPSA) is 59.3 Å². The minimum absolute atomic E-state index is 0.0896. The number of amides is 1. The van der Waals surface area contributed by atoms with Crippen LogP contribution in [-0.4, -0.2) is 26.4 Å². The van der Waals surface area contributed by atoms with Gasteiger partial charge in [0.25, 0.3) is 5.91 Å². The first-order valence-electron chi connectivity index (χ1n) is 7.43. The first-order chi connectivity index (χ1) is 11.2. The van der Waals surface area contributed by atoms with E-state index in [1.54, 1.807) is 16.8 Å². The van der Waals surface area contributed by atoms with Crippen LogP contribution in [0.15, 0.2) is 48.8 Å². The van der Waals surface area contributed by atoms with Crippen molar-refractivity contribution in [3.05, 3.63) is 65.6 Å². The van der Waals surface area contributed by atoms with Gasteiger partial charge in [-0.2, -0.15) is 5.10 Å². The number of hydrogen-bond acceptors (Lipinski definition) is 3. The van der Waals surface area contributed by atoms with Crippen LogP contribution in [0.4, 0.5) is 0 Å². The van der Waals surface area contributed by atoms with E-state index in [0.717, 1.165) is 17.5 Å². The molecule has 0 unspecified atom stereocenters. The highest BCUT2D eigenvalue weighted by atomic mass is 35.5. The molecule has 1 atom stereocenters. The molecule has 1 N–H and O–H groups in total. The van der Waals surface area contributed by atoms with Crippen LogP contribution in [0.25, 0.3) is 5.65 Å². The maximum absolute atomic E-state index is 12.4. The summed E-state index contributed by atoms with van der Waals surface area (Å²) in [5, 5.41) is 7.25. The molecule has 1 aromatic carbocycles. The average Bonchev–Trinajstić information content (AvgIpc) is 2.99. The summed E-state index contributed by atoms with van der Waals surface area (Å²) < 4.78 is 1.62. The van der Waals surface area contributed by atoms with E-state index in [0.29, 0.717) is 17.2 Å². The van der Waals surface area contributed by atoms with E-state index < -0.39 is 0 Å². The molecule has 3 rings (SSSR count). The van der Waals surface area contributed by atoms with Gasteiger partial charge < -0.3 is 5.32 Å². The SMILES string of the molecule is C[C@@H](NC(=O)c1cc2ncc(CCCl)cn2n1)c1ccccc1. The first kappa shape index (κ1) is 15.5. The molecule has 118 valence electrons. The number of carbonyl (C=O) groups is 1. The second kappa shape index (κ2) is 6.79. The molecule has 0 aliphatic heterocycles. The third-order valence-electron chi connectivity index (χ3n) is 3.63. The molecular formula is C17H17ClN4O. The highest BCUT2D eigenvalue weighted by Crippen LogP contribution is 2.13. The summed E-state index contributed by atoms with van der Waals surface area (Å²) >= 11 is 5.74. The number of alkyl halides is 1. The zero-order valence-electron chi connectivity index (χ0n) is 12.7. The minimum atomic E-state index is -0.217. The van der Waals surface area contributed by atoms with Gasteiger partial charge in [-0.1, -0.05) is 30.3 Å². The van der Waals surface area contributed by atoms with Gasteiger partial charge in [-0.05, 0) is 24.5 Å². The lowest BCUT2D eigenvalue weighted by molar-refractivity contribution is 0.0934. The summed E-state index contributed by atoms with van der Waals surface area (Å²) in [4.78, 5) is 16.7. The van der Waals surface area contributed by atoms with Crippen molar-refractivity contribution in [2.75, 3.05) is 5.88 Å². The number of aromatic nitrogens is 3. The lowest BCUT2D eigenvalue weighted by Gasteiger charge is -2.12. The van der Waals surface area contributed by atoms with Gasteiger partial charge in [0, 0.05) is 24.3 Å². The van der Waals surface area contributed by atoms with Crippen LogP contribution in [0.1, 0.15) is 34.6 Å². The number of rotatable bonds is 5. The Bertz CT molecular complexity index is 816. The molecule has 0 aliphatic carbocycles. The maximum atomic E-state index is 12.4. The Morgan fingerprint density at radius 1 is 1.35 bits per heavy atom. The number of nitrogens with one attached hydrogen (secondary N) is 1. The monoisotopic (exact) mass is 328 g/mol. The predicted octanol–water partition coefficient (Wildman–Crippen LogP) is 3.00. The van der Waals surface area contributed by atoms with E-state index in [1.807, 2.05) is 43.5 Å². The standard InChI is InChI=1S/C17H17ClN4O/c1-12(14-5-3-2-4-6-14)20-17(23)15-9-16-19-10-13(7-8-18)11-22(16)21-15/h2-6,9-12H,7-8H2,1H3,(H,20,23)/t12-/m1/s1. The molecule has 1 amide bonds. The van der Waals surface area contributed by atoms with E-state index >= 15 is 0 Å². The number of aryl methyl sites for hydroxylation is 1. The third-order valence-corrected chi connectivity index (χ3v) is 3.82. The second-order valence-electron chi connectivity index (χ2n) is 5.34. The highest BCUT2D eigenvalue weighted by Gasteiger charge is 2.15. The Morgan fingerprint density at radius 3 is 2.87 bits per heavy atom. The minimum Gasteiger partial charge on any atom is -0.344 e. The second-order valence-corrected chi connectivity index (χ2v) is 5.72. The van der Waals surface area contributed by atoms with Gasteiger partial charge >= 0.3 is 0 Å². The first-order valence-corrected chi connectivity index (χ1v) is 7.97. The molecule has 6 heteroatoms. The van der Waals surface area contributed by atoms with Gasteiger partial charge in [-0.3, -0.25) is 4.79 Å². The number of fused-ring (bicyclic) bond motifs is 1. The maximum Gasteiger partial charge on any atom is 0.272 e. The molecular weight excluding hydrogens is 312 g/mol. The fourth-order valence-corrected chi connectivity index (χ4v) is 2.58. The molecule has 2 heterocycles. The number of nitrogens with zero attached hydrogens (tertiary/aromatic N) is 3. The normalized spacial score (nSPS) is 12.3. The van der Waals surface area contributed by atoms with Crippen LogP contribution in [0.2, 0.25) is 0 Å². The summed E-state index contributed by atoms with van der Waals surface area (Å²) in [6.45, 7) is 1.94. The summed E-state index contributed by atoms with van der Waals surface area (Å²) in [6.07, 6.45) is 4.33. The Hall–Kier alpha value is -2.40. The lowest BCUT2D eigenvalue weighted by atomic mass is 10.1. The quantitative estimate of drug-likeness (QED) is 0.732. The third kappa shape index (κ3) is 3.51. The largest absolute Gasteiger partial charge is 0.344 e. The van der Waals surface area contributed by atoms with Crippen molar-refractivity contribution in [3.63, 3.8) is 0 Å². The lowest BCUT2D eigenvalue weighted by Crippen LogP contribution is -2.27. The highest BCUT2D eigenvalue weighted by molar-refractivity contribution is 6.17. The van der Waals surface area contributed by atoms with Crippen molar-refractivity contribution in [3.8, 4) is 0 Å². The van der Waals surface area contributed by atoms with Gasteiger partial charge in [0.05, 0.1) is 6.04 Å². The van der Waals surface area contributed by atoms with Crippen LogP contribution in [0.3, 0.4) is 0 Å². The smallest absolute Gasteiger partial charge is 0.272 e. The summed E-state index contributed by atoms with van der Waals surface area (Å²) in [5.41, 5.74) is 3.02. The summed E-state index contributed by atoms with van der Waals surface area (Å²) in [6, 6.07) is 11.4. The van der Waals surface area contributed by atoms with Crippen LogP contribution < -0.4 is 5.32 Å². The van der Waals surface area contributed by atoms with Crippen LogP contribution in [-0.2, 0) is 6.42 Å². The Balaban J connectivity index is 1.78. The number of benzene rings is 1. The van der Waals surface area contributed by atoms with Gasteiger partial charge in [-0.15, -0.1) is 11.6 Å². The zero-order chi connectivity index (χ0) is 16.2. The molecule has 0 saturated carbocycles. The molecule has 0 fully saturated rings. The zero-order valence-corrected chi connectivity index (χ0v) is 13.5. The van der Waals surface area contributed by atoms with Crippen molar-refractivity contribution in [1.29, 1.82) is 0 Å². The summed E-state index contributed by atoms with van der Waals surface area (Å²) in [5.74, 6) is 0.307. The molecule has 0 aliphatic rings. The van der Waals surface area contributed by atoms with E-state index in [-0.39, 0.29) is 11.9 Å². The number of halogens is 1. The number of hydrogen-bond donors (Lipinski definition) is 1. The molecule has 23 heavy (non-hydrogen) atoms. The molecule has 0 radical (unpaired) electrons. The van der Waals surface area contributed by atoms with Crippen molar-refractivity contribution in [2.24, 2.45) is 0 Å². The van der Waals surface area contributed by atoms with E-state index in [1.165, 1.54) is 0 Å². The number of carbonyl (C=O) groups excluding carboxylic acids is 1. The summed E-state index contributed by atoms with van der Waals surface area (Å²) in [7, 11) is 0. The van der Waals surface area contributed by atoms with Crippen LogP contribution in [0, 0.1) is 0 Å². The van der Waals surface area contributed by atoms with Gasteiger partial charge in [0.2, 0.25) is 0 Å². The molecule has 5 nitrogen and oxygen atoms in total. The van der Waals surface area contributed by atoms with Crippen molar-refractivity contribution < 1.29 is 4.79 Å². The molecule has 0 saturated heterocycles. The van der Waals surface area contributed by atoms with Crippen molar-refractivity contribution >= 4 is 23.2 Å². The Kier molecular flexibility index (Phi) is 4.57. The predicted molar refractivity (Wildman–Crippen MR) is 89.7 cm³/mol. The fraction of sp³-hybridized carbons (Fsp3) is 0.235. The average molecular weight is 329 g/mol. The van der Waals surface area contributed by atoms with Crippen LogP contribution in [0.5, 0.6) is 0 Å². The Labute approximate surface area is 139 Å². The Morgan fingerprint density at radius 2 is 2.13 bits per heavy atom. The van der Waals surface area contributed by atoms with E-state index in [9.17, 15) is 4.79 Å². The van der Waals surface area contributed by atoms with E-state index in [2.05, 4.69) is 15.4 Å². The molecule has 0 bridgehead atoms. The van der Waals surface area contributed by atoms with Crippen molar-refractivity contribution in [2.45, 2.75) is 19.4 Å². The van der Waals surface area contributed by atoms with E-state index in [4.69, 9.17) is 11.6 Å². The van der Waals surface area contributed by atoms with Gasteiger partial charge in [0.15, 0.2) is 11.3 Å². The van der Waals surface area contributed by atoms with Gasteiger partial charge in [0.1, 0.15) is 0 Å². The van der Waals surface area contributed by atoms with Gasteiger partial charge in [-0.25, -0.2) is 9.50 Å². The van der Waals surface area contributed by atoms with Crippen molar-refractivity contribution in [1.82, 2.24) is 19.9 Å². The molecule has 0 spiro atoms. The fourth-order valence-electron chi connectivity index (χ4n) is 2.36. The molecule has 3 aromatic rings.